The van der Waals surface area contributed by atoms with Gasteiger partial charge < -0.3 is 5.32 Å². The summed E-state index contributed by atoms with van der Waals surface area (Å²) in [5, 5.41) is 4.57. The number of hydrogen-bond acceptors (Lipinski definition) is 6. The Bertz CT molecular complexity index is 1080. The predicted molar refractivity (Wildman–Crippen MR) is 79.4 cm³/mol. The molecule has 2 aromatic rings. The van der Waals surface area contributed by atoms with Gasteiger partial charge in [0.1, 0.15) is 10.6 Å². The zero-order valence-electron chi connectivity index (χ0n) is 11.9. The molecule has 1 amide bonds. The molecule has 1 heterocycles. The van der Waals surface area contributed by atoms with Crippen molar-refractivity contribution in [2.75, 3.05) is 7.05 Å². The molecular weight excluding hydrogens is 366 g/mol. The number of aromatic nitrogens is 2. The number of benzene rings is 1. The van der Waals surface area contributed by atoms with Crippen molar-refractivity contribution in [3.05, 3.63) is 40.3 Å². The molecule has 0 aliphatic rings. The van der Waals surface area contributed by atoms with Crippen molar-refractivity contribution in [3.8, 4) is 5.69 Å². The van der Waals surface area contributed by atoms with Crippen molar-refractivity contribution in [2.45, 2.75) is 9.79 Å². The van der Waals surface area contributed by atoms with Crippen LogP contribution in [0.4, 0.5) is 0 Å². The fourth-order valence-corrected chi connectivity index (χ4v) is 3.15. The zero-order chi connectivity index (χ0) is 18.3. The molecule has 11 nitrogen and oxygen atoms in total. The minimum atomic E-state index is -4.95. The molecule has 24 heavy (non-hydrogen) atoms. The van der Waals surface area contributed by atoms with E-state index >= 15 is 0 Å². The molecule has 0 aliphatic heterocycles. The maximum atomic E-state index is 11.9. The second-order valence-corrected chi connectivity index (χ2v) is 7.31. The molecule has 0 fully saturated rings. The van der Waals surface area contributed by atoms with Crippen molar-refractivity contribution >= 4 is 26.1 Å². The molecule has 0 radical (unpaired) electrons. The Hall–Kier alpha value is -2.48. The number of hydrogen-bond donors (Lipinski definition) is 4. The van der Waals surface area contributed by atoms with Gasteiger partial charge in [-0.1, -0.05) is 0 Å². The Balaban J connectivity index is 2.79. The summed E-state index contributed by atoms with van der Waals surface area (Å²) in [5.74, 6) is -0.659. The van der Waals surface area contributed by atoms with E-state index in [1.165, 1.54) is 7.05 Å². The van der Waals surface area contributed by atoms with Gasteiger partial charge in [0.25, 0.3) is 31.7 Å². The van der Waals surface area contributed by atoms with Crippen molar-refractivity contribution < 1.29 is 30.7 Å². The Morgan fingerprint density at radius 2 is 1.75 bits per heavy atom. The van der Waals surface area contributed by atoms with E-state index in [9.17, 15) is 31.0 Å². The van der Waals surface area contributed by atoms with E-state index in [-0.39, 0.29) is 5.69 Å². The van der Waals surface area contributed by atoms with E-state index in [1.54, 1.807) is 0 Å². The summed E-state index contributed by atoms with van der Waals surface area (Å²) in [7, 11) is -8.39. The first-order valence-electron chi connectivity index (χ1n) is 6.08. The fraction of sp³-hybridized carbons (Fsp3) is 0.0909. The van der Waals surface area contributed by atoms with E-state index in [4.69, 9.17) is 4.55 Å². The van der Waals surface area contributed by atoms with Gasteiger partial charge in [0.05, 0.1) is 10.6 Å². The van der Waals surface area contributed by atoms with Crippen LogP contribution in [-0.2, 0) is 20.2 Å². The Morgan fingerprint density at radius 3 is 2.25 bits per heavy atom. The number of carbonyl (C=O) groups excluding carboxylic acids is 1. The smallest absolute Gasteiger partial charge is 0.296 e. The van der Waals surface area contributed by atoms with E-state index < -0.39 is 47.2 Å². The van der Waals surface area contributed by atoms with E-state index in [0.29, 0.717) is 10.7 Å². The molecule has 2 rings (SSSR count). The van der Waals surface area contributed by atoms with Gasteiger partial charge in [0.15, 0.2) is 0 Å². The van der Waals surface area contributed by atoms with Crippen LogP contribution in [0, 0.1) is 0 Å². The van der Waals surface area contributed by atoms with Gasteiger partial charge >= 0.3 is 0 Å². The van der Waals surface area contributed by atoms with E-state index in [0.717, 1.165) is 18.2 Å². The van der Waals surface area contributed by atoms with Crippen molar-refractivity contribution in [1.29, 1.82) is 0 Å². The Labute approximate surface area is 135 Å². The summed E-state index contributed by atoms with van der Waals surface area (Å²) in [6, 6.07) is 3.06. The molecular formula is C11H11N3O8S2. The third-order valence-corrected chi connectivity index (χ3v) is 4.67. The molecule has 0 spiro atoms. The molecule has 0 saturated carbocycles. The van der Waals surface area contributed by atoms with Crippen molar-refractivity contribution in [3.63, 3.8) is 0 Å². The summed E-state index contributed by atoms with van der Waals surface area (Å²) in [6.45, 7) is 0. The highest BCUT2D eigenvalue weighted by molar-refractivity contribution is 7.86. The monoisotopic (exact) mass is 377 g/mol. The van der Waals surface area contributed by atoms with Crippen LogP contribution in [-0.4, -0.2) is 48.7 Å². The van der Waals surface area contributed by atoms with Gasteiger partial charge in [0.2, 0.25) is 0 Å². The van der Waals surface area contributed by atoms with Crippen LogP contribution in [0.2, 0.25) is 0 Å². The third-order valence-electron chi connectivity index (χ3n) is 2.94. The summed E-state index contributed by atoms with van der Waals surface area (Å²) in [6.07, 6.45) is 0. The average Bonchev–Trinajstić information content (AvgIpc) is 2.85. The highest BCUT2D eigenvalue weighted by Gasteiger charge is 2.23. The summed E-state index contributed by atoms with van der Waals surface area (Å²) >= 11 is 0. The predicted octanol–water partition coefficient (Wildman–Crippen LogP) is -0.981. The van der Waals surface area contributed by atoms with Crippen LogP contribution >= 0.6 is 0 Å². The Kier molecular flexibility index (Phi) is 4.36. The van der Waals surface area contributed by atoms with Gasteiger partial charge in [-0.25, -0.2) is 4.68 Å². The third kappa shape index (κ3) is 3.38. The van der Waals surface area contributed by atoms with Crippen LogP contribution < -0.4 is 10.9 Å². The molecule has 1 aromatic heterocycles. The minimum absolute atomic E-state index is 0.192. The second-order valence-electron chi connectivity index (χ2n) is 4.50. The van der Waals surface area contributed by atoms with Gasteiger partial charge in [-0.3, -0.25) is 23.8 Å². The number of carbonyl (C=O) groups is 1. The van der Waals surface area contributed by atoms with Crippen LogP contribution in [0.25, 0.3) is 5.69 Å². The van der Waals surface area contributed by atoms with Crippen molar-refractivity contribution in [2.24, 2.45) is 0 Å². The topological polar surface area (TPSA) is 176 Å². The molecule has 1 aromatic carbocycles. The molecule has 0 aliphatic carbocycles. The number of rotatable bonds is 4. The second kappa shape index (κ2) is 5.86. The molecule has 0 atom stereocenters. The van der Waals surface area contributed by atoms with Crippen LogP contribution in [0.3, 0.4) is 0 Å². The number of H-pyrrole nitrogens is 1. The highest BCUT2D eigenvalue weighted by Crippen LogP contribution is 2.22. The first-order valence-corrected chi connectivity index (χ1v) is 8.96. The quantitative estimate of drug-likeness (QED) is 0.491. The largest absolute Gasteiger partial charge is 0.354 e. The fourth-order valence-electron chi connectivity index (χ4n) is 1.87. The number of nitrogens with zero attached hydrogens (tertiary/aromatic N) is 1. The zero-order valence-corrected chi connectivity index (χ0v) is 13.6. The molecule has 0 unspecified atom stereocenters. The van der Waals surface area contributed by atoms with Crippen LogP contribution in [0.15, 0.2) is 38.9 Å². The summed E-state index contributed by atoms with van der Waals surface area (Å²) in [5.41, 5.74) is -1.47. The lowest BCUT2D eigenvalue weighted by Gasteiger charge is -2.09. The molecule has 13 heteroatoms. The summed E-state index contributed by atoms with van der Waals surface area (Å²) < 4.78 is 64.0. The minimum Gasteiger partial charge on any atom is -0.354 e. The molecule has 4 N–H and O–H groups in total. The molecule has 0 bridgehead atoms. The summed E-state index contributed by atoms with van der Waals surface area (Å²) in [4.78, 5) is 21.7. The molecule has 130 valence electrons. The first-order chi connectivity index (χ1) is 10.9. The lowest BCUT2D eigenvalue weighted by atomic mass is 10.3. The van der Waals surface area contributed by atoms with Gasteiger partial charge in [-0.2, -0.15) is 16.8 Å². The van der Waals surface area contributed by atoms with E-state index in [2.05, 4.69) is 10.4 Å². The van der Waals surface area contributed by atoms with E-state index in [1.807, 2.05) is 0 Å². The average molecular weight is 377 g/mol. The Morgan fingerprint density at radius 1 is 1.12 bits per heavy atom. The number of amides is 1. The number of aromatic amines is 1. The maximum Gasteiger partial charge on any atom is 0.296 e. The maximum absolute atomic E-state index is 11.9. The normalized spacial score (nSPS) is 12.1. The highest BCUT2D eigenvalue weighted by atomic mass is 32.2. The van der Waals surface area contributed by atoms with Gasteiger partial charge in [0, 0.05) is 13.1 Å². The van der Waals surface area contributed by atoms with Crippen molar-refractivity contribution in [1.82, 2.24) is 15.1 Å². The lowest BCUT2D eigenvalue weighted by molar-refractivity contribution is 0.0957. The first kappa shape index (κ1) is 17.9. The standard InChI is InChI=1S/C11H11N3O8S2/c1-12-11(16)7-5-10(15)14(13-7)8-3-2-6(23(17,18)19)4-9(8)24(20,21)22/h2-5,13H,1H3,(H,12,16)(H,17,18,19)(H,20,21,22). The van der Waals surface area contributed by atoms with Gasteiger partial charge in [-0.15, -0.1) is 0 Å². The number of nitrogens with one attached hydrogen (secondary N) is 2. The molecule has 0 saturated heterocycles. The van der Waals surface area contributed by atoms with Crippen LogP contribution in [0.5, 0.6) is 0 Å². The SMILES string of the molecule is CNC(=O)c1cc(=O)n(-c2ccc(S(=O)(=O)O)cc2S(=O)(=O)O)[nH]1. The van der Waals surface area contributed by atoms with Crippen LogP contribution in [0.1, 0.15) is 10.5 Å². The van der Waals surface area contributed by atoms with Gasteiger partial charge in [-0.05, 0) is 18.2 Å². The lowest BCUT2D eigenvalue weighted by Crippen LogP contribution is -2.19.